The molecular formula is C26H28F2N8O2. The molecule has 0 bridgehead atoms. The maximum absolute atomic E-state index is 13.3. The molecule has 0 spiro atoms. The van der Waals surface area contributed by atoms with Gasteiger partial charge in [0, 0.05) is 49.1 Å². The molecule has 10 nitrogen and oxygen atoms in total. The third-order valence-electron chi connectivity index (χ3n) is 7.52. The molecule has 0 unspecified atom stereocenters. The molecule has 12 heteroatoms. The first-order valence-corrected chi connectivity index (χ1v) is 12.6. The van der Waals surface area contributed by atoms with Crippen LogP contribution in [0, 0.1) is 6.92 Å². The Morgan fingerprint density at radius 3 is 2.66 bits per heavy atom. The largest absolute Gasteiger partial charge is 0.390 e. The fraction of sp³-hybridized carbons (Fsp3) is 0.423. The van der Waals surface area contributed by atoms with E-state index in [9.17, 15) is 18.7 Å². The number of nitrogens with zero attached hydrogens (tertiary/aromatic N) is 7. The molecule has 1 amide bonds. The number of benzene rings is 1. The molecule has 2 aliphatic rings. The Morgan fingerprint density at radius 2 is 1.92 bits per heavy atom. The van der Waals surface area contributed by atoms with Crippen molar-refractivity contribution in [3.05, 3.63) is 53.9 Å². The van der Waals surface area contributed by atoms with E-state index in [0.717, 1.165) is 24.3 Å². The predicted molar refractivity (Wildman–Crippen MR) is 136 cm³/mol. The van der Waals surface area contributed by atoms with E-state index in [1.54, 1.807) is 16.6 Å². The second-order valence-electron chi connectivity index (χ2n) is 10.6. The Hall–Kier alpha value is -3.93. The van der Waals surface area contributed by atoms with Gasteiger partial charge >= 0.3 is 0 Å². The summed E-state index contributed by atoms with van der Waals surface area (Å²) in [6, 6.07) is 8.83. The maximum Gasteiger partial charge on any atom is 0.259 e. The van der Waals surface area contributed by atoms with Crippen LogP contribution in [-0.2, 0) is 0 Å². The van der Waals surface area contributed by atoms with Gasteiger partial charge in [-0.25, -0.2) is 13.3 Å². The average molecular weight is 523 g/mol. The number of pyridine rings is 1. The number of aliphatic hydroxyl groups is 1. The fourth-order valence-electron chi connectivity index (χ4n) is 4.96. The van der Waals surface area contributed by atoms with Crippen molar-refractivity contribution in [2.75, 3.05) is 23.3 Å². The second kappa shape index (κ2) is 8.83. The number of nitrogens with one attached hydrogen (secondary N) is 1. The lowest BCUT2D eigenvalue weighted by Gasteiger charge is -2.37. The molecule has 1 saturated carbocycles. The van der Waals surface area contributed by atoms with Gasteiger partial charge in [0.05, 0.1) is 28.9 Å². The number of carbonyl (C=O) groups is 1. The summed E-state index contributed by atoms with van der Waals surface area (Å²) in [5.74, 6) is -2.68. The van der Waals surface area contributed by atoms with Gasteiger partial charge < -0.3 is 15.3 Å². The molecule has 1 aliphatic carbocycles. The SMILES string of the molecule is Cc1ccc(-c2nnn(C3CC(F)(F)C3)n2)cc1NC(=O)c1cnn2ccc(N3CCC(C)(O)CC3)cc12. The van der Waals surface area contributed by atoms with Crippen LogP contribution in [0.25, 0.3) is 16.9 Å². The standard InChI is InChI=1S/C26H28F2N8O2/c1-16-3-4-17(23-31-33-36(32-23)19-13-26(27,28)14-19)11-21(16)30-24(37)20-15-29-35-8-5-18(12-22(20)35)34-9-6-25(2,38)7-10-34/h3-5,8,11-12,15,19,38H,6-7,9-10,13-14H2,1-2H3,(H,30,37). The van der Waals surface area contributed by atoms with Crippen LogP contribution in [0.4, 0.5) is 20.2 Å². The molecule has 4 aromatic rings. The van der Waals surface area contributed by atoms with E-state index in [4.69, 9.17) is 0 Å². The summed E-state index contributed by atoms with van der Waals surface area (Å²) in [7, 11) is 0. The third-order valence-corrected chi connectivity index (χ3v) is 7.52. The van der Waals surface area contributed by atoms with Crippen LogP contribution in [0.2, 0.25) is 0 Å². The van der Waals surface area contributed by atoms with E-state index in [1.165, 1.54) is 11.0 Å². The highest BCUT2D eigenvalue weighted by Crippen LogP contribution is 2.44. The monoisotopic (exact) mass is 522 g/mol. The van der Waals surface area contributed by atoms with E-state index in [1.807, 2.05) is 38.2 Å². The van der Waals surface area contributed by atoms with E-state index in [-0.39, 0.29) is 18.7 Å². The summed E-state index contributed by atoms with van der Waals surface area (Å²) in [5, 5.41) is 29.8. The summed E-state index contributed by atoms with van der Waals surface area (Å²) in [6.07, 6.45) is 4.13. The molecule has 0 atom stereocenters. The molecule has 2 fully saturated rings. The molecule has 1 saturated heterocycles. The second-order valence-corrected chi connectivity index (χ2v) is 10.6. The number of aromatic nitrogens is 6. The molecule has 2 N–H and O–H groups in total. The number of hydrogen-bond acceptors (Lipinski definition) is 7. The Kier molecular flexibility index (Phi) is 5.67. The van der Waals surface area contributed by atoms with Crippen molar-refractivity contribution in [1.82, 2.24) is 29.8 Å². The van der Waals surface area contributed by atoms with Crippen LogP contribution in [0.3, 0.4) is 0 Å². The van der Waals surface area contributed by atoms with Crippen LogP contribution in [0.15, 0.2) is 42.7 Å². The van der Waals surface area contributed by atoms with Gasteiger partial charge in [-0.2, -0.15) is 9.90 Å². The van der Waals surface area contributed by atoms with Crippen molar-refractivity contribution < 1.29 is 18.7 Å². The highest BCUT2D eigenvalue weighted by atomic mass is 19.3. The number of tetrazole rings is 1. The lowest BCUT2D eigenvalue weighted by Crippen LogP contribution is -2.42. The quantitative estimate of drug-likeness (QED) is 0.409. The van der Waals surface area contributed by atoms with Crippen LogP contribution < -0.4 is 10.2 Å². The zero-order chi connectivity index (χ0) is 26.7. The molecule has 198 valence electrons. The number of anilines is 2. The predicted octanol–water partition coefficient (Wildman–Crippen LogP) is 3.87. The Labute approximate surface area is 217 Å². The van der Waals surface area contributed by atoms with Crippen molar-refractivity contribution in [1.29, 1.82) is 0 Å². The van der Waals surface area contributed by atoms with Gasteiger partial charge in [-0.3, -0.25) is 4.79 Å². The van der Waals surface area contributed by atoms with Gasteiger partial charge in [-0.1, -0.05) is 12.1 Å². The minimum atomic E-state index is -2.67. The molecular weight excluding hydrogens is 494 g/mol. The summed E-state index contributed by atoms with van der Waals surface area (Å²) in [5.41, 5.74) is 3.46. The molecule has 0 radical (unpaired) electrons. The highest BCUT2D eigenvalue weighted by molar-refractivity contribution is 6.09. The van der Waals surface area contributed by atoms with Gasteiger partial charge in [0.25, 0.3) is 11.8 Å². The average Bonchev–Trinajstić information content (AvgIpc) is 3.51. The number of alkyl halides is 2. The minimum absolute atomic E-state index is 0.294. The smallest absolute Gasteiger partial charge is 0.259 e. The fourth-order valence-corrected chi connectivity index (χ4v) is 4.96. The molecule has 4 heterocycles. The number of aryl methyl sites for hydroxylation is 1. The number of rotatable bonds is 5. The van der Waals surface area contributed by atoms with E-state index in [0.29, 0.717) is 41.0 Å². The summed E-state index contributed by atoms with van der Waals surface area (Å²) in [4.78, 5) is 16.8. The number of piperidine rings is 1. The van der Waals surface area contributed by atoms with Crippen LogP contribution in [-0.4, -0.2) is 65.4 Å². The van der Waals surface area contributed by atoms with Crippen molar-refractivity contribution in [3.8, 4) is 11.4 Å². The van der Waals surface area contributed by atoms with Crippen molar-refractivity contribution in [2.24, 2.45) is 0 Å². The number of hydrogen-bond donors (Lipinski definition) is 2. The molecule has 38 heavy (non-hydrogen) atoms. The summed E-state index contributed by atoms with van der Waals surface area (Å²) in [6.45, 7) is 5.19. The topological polar surface area (TPSA) is 113 Å². The maximum atomic E-state index is 13.3. The molecule has 6 rings (SSSR count). The summed E-state index contributed by atoms with van der Waals surface area (Å²) < 4.78 is 28.1. The van der Waals surface area contributed by atoms with Gasteiger partial charge in [0.1, 0.15) is 0 Å². The van der Waals surface area contributed by atoms with Crippen LogP contribution >= 0.6 is 0 Å². The van der Waals surface area contributed by atoms with Gasteiger partial charge in [0.15, 0.2) is 0 Å². The summed E-state index contributed by atoms with van der Waals surface area (Å²) >= 11 is 0. The van der Waals surface area contributed by atoms with Crippen LogP contribution in [0.1, 0.15) is 54.6 Å². The third kappa shape index (κ3) is 4.60. The van der Waals surface area contributed by atoms with Crippen LogP contribution in [0.5, 0.6) is 0 Å². The van der Waals surface area contributed by atoms with E-state index in [2.05, 4.69) is 30.7 Å². The normalized spacial score (nSPS) is 18.9. The Bertz CT molecular complexity index is 1510. The first-order valence-electron chi connectivity index (χ1n) is 12.6. The van der Waals surface area contributed by atoms with Gasteiger partial charge in [-0.05, 0) is 55.7 Å². The zero-order valence-electron chi connectivity index (χ0n) is 21.1. The van der Waals surface area contributed by atoms with E-state index >= 15 is 0 Å². The number of fused-ring (bicyclic) bond motifs is 1. The van der Waals surface area contributed by atoms with E-state index < -0.39 is 17.6 Å². The first kappa shape index (κ1) is 24.4. The Balaban J connectivity index is 1.22. The number of carbonyl (C=O) groups excluding carboxylic acids is 1. The van der Waals surface area contributed by atoms with Crippen molar-refractivity contribution in [3.63, 3.8) is 0 Å². The van der Waals surface area contributed by atoms with Crippen molar-refractivity contribution >= 4 is 22.8 Å². The van der Waals surface area contributed by atoms with Gasteiger partial charge in [-0.15, -0.1) is 10.2 Å². The molecule has 1 aromatic carbocycles. The number of halogens is 2. The number of amides is 1. The molecule has 1 aliphatic heterocycles. The van der Waals surface area contributed by atoms with Crippen molar-refractivity contribution in [2.45, 2.75) is 57.1 Å². The Morgan fingerprint density at radius 1 is 1.16 bits per heavy atom. The highest BCUT2D eigenvalue weighted by Gasteiger charge is 2.47. The first-order chi connectivity index (χ1) is 18.1. The molecule has 3 aromatic heterocycles. The lowest BCUT2D eigenvalue weighted by molar-refractivity contribution is -0.110. The minimum Gasteiger partial charge on any atom is -0.390 e. The van der Waals surface area contributed by atoms with Gasteiger partial charge in [0.2, 0.25) is 5.82 Å². The lowest BCUT2D eigenvalue weighted by atomic mass is 9.89. The zero-order valence-corrected chi connectivity index (χ0v) is 21.1.